The lowest BCUT2D eigenvalue weighted by molar-refractivity contribution is 0.228. The lowest BCUT2D eigenvalue weighted by atomic mass is 9.88. The summed E-state index contributed by atoms with van der Waals surface area (Å²) >= 11 is 8.82. The minimum absolute atomic E-state index is 0.0630. The van der Waals surface area contributed by atoms with Crippen LogP contribution in [0.5, 0.6) is 0 Å². The number of halogens is 2. The average Bonchev–Trinajstić information content (AvgIpc) is 2.73. The lowest BCUT2D eigenvalue weighted by Gasteiger charge is -2.31. The predicted octanol–water partition coefficient (Wildman–Crippen LogP) is 6.72. The maximum atomic E-state index is 6.54. The lowest BCUT2D eigenvalue weighted by Crippen LogP contribution is -2.31. The largest absolute Gasteiger partial charge is 0.247 e. The maximum Gasteiger partial charge on any atom is 0.131 e. The Morgan fingerprint density at radius 3 is 2.14 bits per heavy atom. The van der Waals surface area contributed by atoms with Crippen LogP contribution in [0.25, 0.3) is 0 Å². The minimum atomic E-state index is 0.0630. The molecule has 21 heavy (non-hydrogen) atoms. The minimum Gasteiger partial charge on any atom is -0.247 e. The molecule has 0 saturated heterocycles. The fourth-order valence-electron chi connectivity index (χ4n) is 2.81. The summed E-state index contributed by atoms with van der Waals surface area (Å²) < 4.78 is 3.13. The van der Waals surface area contributed by atoms with Crippen LogP contribution in [0.15, 0.2) is 0 Å². The Balaban J connectivity index is 2.79. The zero-order chi connectivity index (χ0) is 15.9. The van der Waals surface area contributed by atoms with E-state index >= 15 is 0 Å². The van der Waals surface area contributed by atoms with Gasteiger partial charge in [-0.1, -0.05) is 70.4 Å². The van der Waals surface area contributed by atoms with Gasteiger partial charge in [0.1, 0.15) is 8.85 Å². The van der Waals surface area contributed by atoms with Crippen molar-refractivity contribution in [2.75, 3.05) is 0 Å². The van der Waals surface area contributed by atoms with Gasteiger partial charge in [-0.25, -0.2) is 4.68 Å². The summed E-state index contributed by atoms with van der Waals surface area (Å²) in [5.74, 6) is 0. The van der Waals surface area contributed by atoms with Gasteiger partial charge in [-0.3, -0.25) is 0 Å². The molecule has 0 spiro atoms. The molecule has 0 N–H and O–H groups in total. The van der Waals surface area contributed by atoms with E-state index in [0.29, 0.717) is 0 Å². The van der Waals surface area contributed by atoms with E-state index in [1.807, 2.05) is 0 Å². The van der Waals surface area contributed by atoms with Crippen LogP contribution >= 0.6 is 34.2 Å². The van der Waals surface area contributed by atoms with Crippen LogP contribution in [0.2, 0.25) is 5.15 Å². The van der Waals surface area contributed by atoms with Crippen molar-refractivity contribution in [1.82, 2.24) is 9.78 Å². The van der Waals surface area contributed by atoms with Crippen LogP contribution in [0.1, 0.15) is 84.1 Å². The highest BCUT2D eigenvalue weighted by Crippen LogP contribution is 2.34. The van der Waals surface area contributed by atoms with Crippen molar-refractivity contribution in [3.05, 3.63) is 14.4 Å². The second-order valence-electron chi connectivity index (χ2n) is 6.38. The molecule has 1 atom stereocenters. The summed E-state index contributed by atoms with van der Waals surface area (Å²) in [6, 6.07) is 0. The van der Waals surface area contributed by atoms with Crippen LogP contribution in [-0.2, 0) is 5.54 Å². The molecule has 0 aliphatic carbocycles. The van der Waals surface area contributed by atoms with E-state index in [1.165, 1.54) is 51.4 Å². The van der Waals surface area contributed by atoms with Crippen molar-refractivity contribution in [3.8, 4) is 0 Å². The van der Waals surface area contributed by atoms with Crippen LogP contribution in [0, 0.1) is 10.6 Å². The van der Waals surface area contributed by atoms with Crippen molar-refractivity contribution in [1.29, 1.82) is 0 Å². The molecule has 0 aliphatic heterocycles. The number of hydrogen-bond acceptors (Lipinski definition) is 1. The zero-order valence-corrected chi connectivity index (χ0v) is 16.9. The molecule has 4 heteroatoms. The number of rotatable bonds is 10. The van der Waals surface area contributed by atoms with E-state index in [9.17, 15) is 0 Å². The molecule has 1 rings (SSSR count). The first kappa shape index (κ1) is 19.3. The van der Waals surface area contributed by atoms with E-state index in [1.54, 1.807) is 0 Å². The first-order valence-electron chi connectivity index (χ1n) is 8.37. The smallest absolute Gasteiger partial charge is 0.131 e. The van der Waals surface area contributed by atoms with Crippen molar-refractivity contribution >= 4 is 34.2 Å². The van der Waals surface area contributed by atoms with Gasteiger partial charge in [0.25, 0.3) is 0 Å². The Labute approximate surface area is 149 Å². The van der Waals surface area contributed by atoms with Crippen LogP contribution in [0.4, 0.5) is 0 Å². The van der Waals surface area contributed by atoms with Gasteiger partial charge in [0, 0.05) is 5.56 Å². The molecule has 0 radical (unpaired) electrons. The number of nitrogens with zero attached hydrogens (tertiary/aromatic N) is 2. The van der Waals surface area contributed by atoms with E-state index in [0.717, 1.165) is 20.8 Å². The second kappa shape index (κ2) is 9.39. The van der Waals surface area contributed by atoms with E-state index < -0.39 is 0 Å². The molecule has 1 heterocycles. The van der Waals surface area contributed by atoms with Crippen molar-refractivity contribution in [2.45, 2.75) is 91.0 Å². The van der Waals surface area contributed by atoms with Gasteiger partial charge in [-0.15, -0.1) is 0 Å². The molecule has 1 aromatic heterocycles. The second-order valence-corrected chi connectivity index (χ2v) is 7.76. The molecule has 0 fully saturated rings. The molecule has 0 aliphatic rings. The molecule has 122 valence electrons. The fourth-order valence-corrected chi connectivity index (χ4v) is 3.77. The van der Waals surface area contributed by atoms with Crippen molar-refractivity contribution < 1.29 is 0 Å². The Morgan fingerprint density at radius 1 is 1.05 bits per heavy atom. The summed E-state index contributed by atoms with van der Waals surface area (Å²) in [6.45, 7) is 8.91. The summed E-state index contributed by atoms with van der Waals surface area (Å²) in [6.07, 6.45) is 11.4. The standard InChI is InChI=1S/C17H30ClIN2/c1-5-7-9-10-11-13-17(4,12-8-6-2)21-15(18)14(3)16(19)20-21/h5-13H2,1-4H3. The summed E-state index contributed by atoms with van der Waals surface area (Å²) in [5.41, 5.74) is 1.18. The van der Waals surface area contributed by atoms with Crippen LogP contribution < -0.4 is 0 Å². The molecule has 0 saturated carbocycles. The predicted molar refractivity (Wildman–Crippen MR) is 101 cm³/mol. The normalized spacial score (nSPS) is 14.4. The SMILES string of the molecule is CCCCCCCC(C)(CCCC)n1nc(I)c(C)c1Cl. The Bertz CT molecular complexity index is 431. The van der Waals surface area contributed by atoms with Gasteiger partial charge in [-0.2, -0.15) is 5.10 Å². The Morgan fingerprint density at radius 2 is 1.62 bits per heavy atom. The number of unbranched alkanes of at least 4 members (excludes halogenated alkanes) is 5. The Hall–Kier alpha value is 0.230. The highest BCUT2D eigenvalue weighted by Gasteiger charge is 2.29. The summed E-state index contributed by atoms with van der Waals surface area (Å²) in [4.78, 5) is 0. The van der Waals surface area contributed by atoms with Gasteiger partial charge in [0.05, 0.1) is 5.54 Å². The first-order chi connectivity index (χ1) is 9.96. The van der Waals surface area contributed by atoms with Crippen molar-refractivity contribution in [2.24, 2.45) is 0 Å². The monoisotopic (exact) mass is 424 g/mol. The van der Waals surface area contributed by atoms with E-state index in [2.05, 4.69) is 55.0 Å². The van der Waals surface area contributed by atoms with Gasteiger partial charge >= 0.3 is 0 Å². The number of aromatic nitrogens is 2. The quantitative estimate of drug-likeness (QED) is 0.301. The average molecular weight is 425 g/mol. The topological polar surface area (TPSA) is 17.8 Å². The highest BCUT2D eigenvalue weighted by atomic mass is 127. The summed E-state index contributed by atoms with van der Waals surface area (Å²) in [5, 5.41) is 5.55. The first-order valence-corrected chi connectivity index (χ1v) is 9.83. The Kier molecular flexibility index (Phi) is 8.62. The molecule has 0 aromatic carbocycles. The van der Waals surface area contributed by atoms with Gasteiger partial charge in [-0.05, 0) is 49.3 Å². The molecule has 0 amide bonds. The zero-order valence-electron chi connectivity index (χ0n) is 14.0. The van der Waals surface area contributed by atoms with Gasteiger partial charge in [0.15, 0.2) is 0 Å². The molecular weight excluding hydrogens is 395 g/mol. The van der Waals surface area contributed by atoms with Gasteiger partial charge < -0.3 is 0 Å². The third-order valence-corrected chi connectivity index (χ3v) is 5.86. The molecule has 0 bridgehead atoms. The third-order valence-electron chi connectivity index (χ3n) is 4.39. The van der Waals surface area contributed by atoms with E-state index in [-0.39, 0.29) is 5.54 Å². The third kappa shape index (κ3) is 5.42. The maximum absolute atomic E-state index is 6.54. The van der Waals surface area contributed by atoms with Crippen molar-refractivity contribution in [3.63, 3.8) is 0 Å². The molecule has 1 unspecified atom stereocenters. The van der Waals surface area contributed by atoms with Crippen LogP contribution in [0.3, 0.4) is 0 Å². The van der Waals surface area contributed by atoms with Gasteiger partial charge in [0.2, 0.25) is 0 Å². The highest BCUT2D eigenvalue weighted by molar-refractivity contribution is 14.1. The molecule has 2 nitrogen and oxygen atoms in total. The summed E-state index contributed by atoms with van der Waals surface area (Å²) in [7, 11) is 0. The van der Waals surface area contributed by atoms with E-state index in [4.69, 9.17) is 16.7 Å². The fraction of sp³-hybridized carbons (Fsp3) is 0.824. The molecule has 1 aromatic rings. The van der Waals surface area contributed by atoms with Crippen LogP contribution in [-0.4, -0.2) is 9.78 Å². The molecular formula is C17H30ClIN2. The number of hydrogen-bond donors (Lipinski definition) is 0.